The van der Waals surface area contributed by atoms with Crippen LogP contribution in [0.15, 0.2) is 82.3 Å². The number of nitrogens with zero attached hydrogens (tertiary/aromatic N) is 2. The summed E-state index contributed by atoms with van der Waals surface area (Å²) in [6, 6.07) is 13.3. The van der Waals surface area contributed by atoms with Gasteiger partial charge in [-0.25, -0.2) is 4.99 Å². The quantitative estimate of drug-likeness (QED) is 0.250. The monoisotopic (exact) mass is 394 g/mol. The van der Waals surface area contributed by atoms with Gasteiger partial charge < -0.3 is 4.74 Å². The summed E-state index contributed by atoms with van der Waals surface area (Å²) in [4.78, 5) is 7.98. The van der Waals surface area contributed by atoms with Crippen molar-refractivity contribution in [1.82, 2.24) is 4.98 Å². The average Bonchev–Trinajstić information content (AvgIpc) is 2.62. The van der Waals surface area contributed by atoms with Crippen molar-refractivity contribution in [2.24, 2.45) is 4.99 Å². The summed E-state index contributed by atoms with van der Waals surface area (Å²) in [5, 5.41) is -0.707. The van der Waals surface area contributed by atoms with E-state index in [1.807, 2.05) is 0 Å². The molecular formula is C20H18ClF3N2O. The standard InChI is InChI=1S/C20H18ClF3N2O/c1-3-9-17(27-15-10-5-4-6-11-15)18(20(22,23)24)19(21)26-14(2)16-12-7-8-13-25-16/h4-13H,3H2,1-2H3/b17-9-,19-18+,26-14?. The van der Waals surface area contributed by atoms with Crippen molar-refractivity contribution < 1.29 is 17.9 Å². The van der Waals surface area contributed by atoms with Crippen LogP contribution in [-0.2, 0) is 0 Å². The van der Waals surface area contributed by atoms with Gasteiger partial charge in [-0.1, -0.05) is 42.8 Å². The molecule has 0 N–H and O–H groups in total. The molecule has 0 aliphatic heterocycles. The van der Waals surface area contributed by atoms with Gasteiger partial charge in [0.25, 0.3) is 0 Å². The zero-order chi connectivity index (χ0) is 19.9. The summed E-state index contributed by atoms with van der Waals surface area (Å²) in [5.41, 5.74) is -0.440. The van der Waals surface area contributed by atoms with E-state index in [4.69, 9.17) is 16.3 Å². The molecule has 0 unspecified atom stereocenters. The number of hydrogen-bond donors (Lipinski definition) is 0. The molecule has 1 heterocycles. The molecule has 7 heteroatoms. The van der Waals surface area contributed by atoms with Crippen molar-refractivity contribution >= 4 is 17.3 Å². The lowest BCUT2D eigenvalue weighted by Gasteiger charge is -2.17. The van der Waals surface area contributed by atoms with Crippen LogP contribution in [0.2, 0.25) is 0 Å². The number of para-hydroxylation sites is 1. The lowest BCUT2D eigenvalue weighted by molar-refractivity contribution is -0.0924. The summed E-state index contributed by atoms with van der Waals surface area (Å²) in [7, 11) is 0. The Kier molecular flexibility index (Phi) is 7.19. The molecule has 0 saturated carbocycles. The Morgan fingerprint density at radius 3 is 2.37 bits per heavy atom. The second-order valence-electron chi connectivity index (χ2n) is 5.47. The molecular weight excluding hydrogens is 377 g/mol. The molecule has 0 saturated heterocycles. The summed E-state index contributed by atoms with van der Waals surface area (Å²) in [6.07, 6.45) is -1.57. The lowest BCUT2D eigenvalue weighted by atomic mass is 10.2. The number of hydrogen-bond acceptors (Lipinski definition) is 3. The van der Waals surface area contributed by atoms with Crippen LogP contribution in [0.5, 0.6) is 5.75 Å². The Hall–Kier alpha value is -2.60. The van der Waals surface area contributed by atoms with Crippen molar-refractivity contribution in [2.75, 3.05) is 0 Å². The van der Waals surface area contributed by atoms with E-state index in [-0.39, 0.29) is 11.5 Å². The average molecular weight is 395 g/mol. The van der Waals surface area contributed by atoms with E-state index < -0.39 is 22.7 Å². The molecule has 0 aliphatic rings. The molecule has 0 amide bonds. The van der Waals surface area contributed by atoms with E-state index in [1.165, 1.54) is 12.3 Å². The molecule has 2 rings (SSSR count). The normalized spacial score (nSPS) is 14.0. The fourth-order valence-corrected chi connectivity index (χ4v) is 2.52. The third-order valence-electron chi connectivity index (χ3n) is 3.40. The molecule has 0 radical (unpaired) electrons. The number of benzene rings is 1. The number of aliphatic imine (C=N–C) groups is 1. The summed E-state index contributed by atoms with van der Waals surface area (Å²) in [6.45, 7) is 3.25. The number of pyridine rings is 1. The Morgan fingerprint density at radius 1 is 1.15 bits per heavy atom. The molecule has 2 aromatic rings. The van der Waals surface area contributed by atoms with Crippen LogP contribution < -0.4 is 4.74 Å². The van der Waals surface area contributed by atoms with Gasteiger partial charge in [-0.3, -0.25) is 4.98 Å². The zero-order valence-electron chi connectivity index (χ0n) is 14.8. The number of ether oxygens (including phenoxy) is 1. The highest BCUT2D eigenvalue weighted by atomic mass is 35.5. The first-order chi connectivity index (χ1) is 12.8. The Morgan fingerprint density at radius 2 is 1.81 bits per heavy atom. The molecule has 0 atom stereocenters. The predicted octanol–water partition coefficient (Wildman–Crippen LogP) is 6.28. The van der Waals surface area contributed by atoms with E-state index in [0.717, 1.165) is 0 Å². The second-order valence-corrected chi connectivity index (χ2v) is 5.83. The van der Waals surface area contributed by atoms with E-state index >= 15 is 0 Å². The first-order valence-corrected chi connectivity index (χ1v) is 8.57. The van der Waals surface area contributed by atoms with Gasteiger partial charge in [-0.15, -0.1) is 0 Å². The minimum absolute atomic E-state index is 0.262. The number of aromatic nitrogens is 1. The first kappa shape index (κ1) is 20.7. The molecule has 1 aromatic heterocycles. The second kappa shape index (κ2) is 9.37. The fourth-order valence-electron chi connectivity index (χ4n) is 2.19. The number of allylic oxidation sites excluding steroid dienone is 2. The molecule has 142 valence electrons. The molecule has 3 nitrogen and oxygen atoms in total. The number of halogens is 4. The van der Waals surface area contributed by atoms with Crippen molar-refractivity contribution in [3.05, 3.63) is 83.0 Å². The van der Waals surface area contributed by atoms with Gasteiger partial charge in [0.2, 0.25) is 0 Å². The highest BCUT2D eigenvalue weighted by molar-refractivity contribution is 6.31. The molecule has 1 aromatic carbocycles. The highest BCUT2D eigenvalue weighted by Crippen LogP contribution is 2.37. The van der Waals surface area contributed by atoms with Crippen LogP contribution >= 0.6 is 11.6 Å². The minimum Gasteiger partial charge on any atom is -0.457 e. The lowest BCUT2D eigenvalue weighted by Crippen LogP contribution is -2.18. The van der Waals surface area contributed by atoms with E-state index in [9.17, 15) is 13.2 Å². The maximum absolute atomic E-state index is 13.8. The van der Waals surface area contributed by atoms with E-state index in [1.54, 1.807) is 62.4 Å². The van der Waals surface area contributed by atoms with Crippen LogP contribution in [0.1, 0.15) is 26.0 Å². The minimum atomic E-state index is -4.75. The highest BCUT2D eigenvalue weighted by Gasteiger charge is 2.40. The zero-order valence-corrected chi connectivity index (χ0v) is 15.6. The molecule has 27 heavy (non-hydrogen) atoms. The summed E-state index contributed by atoms with van der Waals surface area (Å²) >= 11 is 6.00. The van der Waals surface area contributed by atoms with Gasteiger partial charge >= 0.3 is 6.18 Å². The molecule has 0 fully saturated rings. The van der Waals surface area contributed by atoms with Crippen molar-refractivity contribution in [3.8, 4) is 5.75 Å². The predicted molar refractivity (Wildman–Crippen MR) is 101 cm³/mol. The molecule has 0 aliphatic carbocycles. The van der Waals surface area contributed by atoms with Crippen molar-refractivity contribution in [2.45, 2.75) is 26.4 Å². The Balaban J connectivity index is 2.51. The van der Waals surface area contributed by atoms with Gasteiger partial charge in [0, 0.05) is 6.20 Å². The fraction of sp³-hybridized carbons (Fsp3) is 0.200. The van der Waals surface area contributed by atoms with Gasteiger partial charge in [0.05, 0.1) is 11.4 Å². The van der Waals surface area contributed by atoms with Gasteiger partial charge in [-0.2, -0.15) is 13.2 Å². The van der Waals surface area contributed by atoms with Gasteiger partial charge in [0.15, 0.2) is 0 Å². The maximum atomic E-state index is 13.8. The summed E-state index contributed by atoms with van der Waals surface area (Å²) in [5.74, 6) is -0.118. The van der Waals surface area contributed by atoms with Gasteiger partial charge in [0.1, 0.15) is 22.2 Å². The van der Waals surface area contributed by atoms with Crippen molar-refractivity contribution in [3.63, 3.8) is 0 Å². The van der Waals surface area contributed by atoms with E-state index in [0.29, 0.717) is 12.1 Å². The van der Waals surface area contributed by atoms with Gasteiger partial charge in [-0.05, 0) is 43.7 Å². The largest absolute Gasteiger partial charge is 0.457 e. The van der Waals surface area contributed by atoms with Crippen LogP contribution in [0.25, 0.3) is 0 Å². The van der Waals surface area contributed by atoms with Crippen LogP contribution in [0.3, 0.4) is 0 Å². The van der Waals surface area contributed by atoms with Crippen molar-refractivity contribution in [1.29, 1.82) is 0 Å². The number of alkyl halides is 3. The number of rotatable bonds is 6. The summed E-state index contributed by atoms with van der Waals surface area (Å²) < 4.78 is 46.7. The third-order valence-corrected chi connectivity index (χ3v) is 3.67. The first-order valence-electron chi connectivity index (χ1n) is 8.20. The molecule has 0 bridgehead atoms. The van der Waals surface area contributed by atoms with Crippen LogP contribution in [-0.4, -0.2) is 16.9 Å². The molecule has 0 spiro atoms. The maximum Gasteiger partial charge on any atom is 0.422 e. The SMILES string of the molecule is CC/C=C(Oc1ccccc1)/C(=C(/Cl)N=C(C)c1ccccn1)C(F)(F)F. The van der Waals surface area contributed by atoms with Crippen LogP contribution in [0, 0.1) is 0 Å². The third kappa shape index (κ3) is 5.96. The van der Waals surface area contributed by atoms with E-state index in [2.05, 4.69) is 9.98 Å². The topological polar surface area (TPSA) is 34.5 Å². The van der Waals surface area contributed by atoms with Crippen LogP contribution in [0.4, 0.5) is 13.2 Å². The Bertz CT molecular complexity index is 845. The smallest absolute Gasteiger partial charge is 0.422 e. The Labute approximate surface area is 160 Å².